The van der Waals surface area contributed by atoms with Gasteiger partial charge in [0.2, 0.25) is 0 Å². The van der Waals surface area contributed by atoms with E-state index < -0.39 is 12.6 Å². The average Bonchev–Trinajstić information content (AvgIpc) is 2.72. The SMILES string of the molecule is OC[C@@H]1[C@@H](c2ccc(-c3cccc(F)c3)cc2)[C@H]2CN(CCC(F)(F)F)CCCCN12. The topological polar surface area (TPSA) is 26.7 Å². The van der Waals surface area contributed by atoms with Crippen LogP contribution in [0.5, 0.6) is 0 Å². The van der Waals surface area contributed by atoms with Crippen molar-refractivity contribution in [1.82, 2.24) is 9.80 Å². The number of hydrogen-bond donors (Lipinski definition) is 1. The molecule has 4 rings (SSSR count). The fourth-order valence-electron chi connectivity index (χ4n) is 5.07. The van der Waals surface area contributed by atoms with Gasteiger partial charge in [-0.1, -0.05) is 36.4 Å². The van der Waals surface area contributed by atoms with Crippen molar-refractivity contribution in [1.29, 1.82) is 0 Å². The van der Waals surface area contributed by atoms with Gasteiger partial charge < -0.3 is 10.0 Å². The van der Waals surface area contributed by atoms with Crippen molar-refractivity contribution in [2.45, 2.75) is 43.4 Å². The highest BCUT2D eigenvalue weighted by atomic mass is 19.4. The lowest BCUT2D eigenvalue weighted by atomic mass is 9.74. The summed E-state index contributed by atoms with van der Waals surface area (Å²) in [6.45, 7) is 2.15. The highest BCUT2D eigenvalue weighted by molar-refractivity contribution is 5.63. The molecule has 0 bridgehead atoms. The summed E-state index contributed by atoms with van der Waals surface area (Å²) in [5.41, 5.74) is 2.77. The molecule has 0 aliphatic carbocycles. The van der Waals surface area contributed by atoms with Crippen LogP contribution < -0.4 is 0 Å². The van der Waals surface area contributed by atoms with E-state index in [0.29, 0.717) is 13.1 Å². The number of benzene rings is 2. The van der Waals surface area contributed by atoms with Gasteiger partial charge in [-0.05, 0) is 54.8 Å². The summed E-state index contributed by atoms with van der Waals surface area (Å²) in [6.07, 6.45) is -3.16. The van der Waals surface area contributed by atoms with Gasteiger partial charge in [-0.15, -0.1) is 0 Å². The third kappa shape index (κ3) is 5.10. The van der Waals surface area contributed by atoms with E-state index in [4.69, 9.17) is 0 Å². The second-order valence-corrected chi connectivity index (χ2v) is 8.59. The Hall–Kier alpha value is -1.96. The molecule has 2 heterocycles. The summed E-state index contributed by atoms with van der Waals surface area (Å²) in [7, 11) is 0. The minimum atomic E-state index is -4.15. The van der Waals surface area contributed by atoms with Crippen molar-refractivity contribution in [2.24, 2.45) is 0 Å². The number of fused-ring (bicyclic) bond motifs is 1. The first-order chi connectivity index (χ1) is 14.9. The van der Waals surface area contributed by atoms with Gasteiger partial charge in [0.15, 0.2) is 0 Å². The van der Waals surface area contributed by atoms with E-state index in [2.05, 4.69) is 4.90 Å². The van der Waals surface area contributed by atoms with Crippen molar-refractivity contribution in [3.63, 3.8) is 0 Å². The zero-order chi connectivity index (χ0) is 22.0. The third-order valence-corrected chi connectivity index (χ3v) is 6.62. The Morgan fingerprint density at radius 3 is 2.39 bits per heavy atom. The molecule has 0 radical (unpaired) electrons. The second kappa shape index (κ2) is 9.27. The lowest BCUT2D eigenvalue weighted by Gasteiger charge is -2.57. The Morgan fingerprint density at radius 1 is 0.968 bits per heavy atom. The minimum Gasteiger partial charge on any atom is -0.395 e. The number of halogens is 4. The number of aliphatic hydroxyl groups is 1. The van der Waals surface area contributed by atoms with Gasteiger partial charge in [0.25, 0.3) is 0 Å². The summed E-state index contributed by atoms with van der Waals surface area (Å²) in [5, 5.41) is 10.0. The molecule has 2 aromatic carbocycles. The number of aliphatic hydroxyl groups excluding tert-OH is 1. The van der Waals surface area contributed by atoms with Crippen LogP contribution in [0.25, 0.3) is 11.1 Å². The number of hydrogen-bond acceptors (Lipinski definition) is 3. The molecule has 2 aromatic rings. The molecule has 1 N–H and O–H groups in total. The van der Waals surface area contributed by atoms with E-state index in [1.54, 1.807) is 6.07 Å². The van der Waals surface area contributed by atoms with Gasteiger partial charge in [0, 0.05) is 31.1 Å². The van der Waals surface area contributed by atoms with Gasteiger partial charge in [0.1, 0.15) is 5.82 Å². The first-order valence-corrected chi connectivity index (χ1v) is 10.9. The summed E-state index contributed by atoms with van der Waals surface area (Å²) >= 11 is 0. The van der Waals surface area contributed by atoms with Crippen LogP contribution in [0.2, 0.25) is 0 Å². The van der Waals surface area contributed by atoms with E-state index in [-0.39, 0.29) is 37.0 Å². The van der Waals surface area contributed by atoms with Gasteiger partial charge in [-0.25, -0.2) is 4.39 Å². The lowest BCUT2D eigenvalue weighted by Crippen LogP contribution is -2.67. The average molecular weight is 436 g/mol. The summed E-state index contributed by atoms with van der Waals surface area (Å²) in [6, 6.07) is 14.4. The highest BCUT2D eigenvalue weighted by Gasteiger charge is 2.49. The van der Waals surface area contributed by atoms with E-state index in [1.807, 2.05) is 35.2 Å². The van der Waals surface area contributed by atoms with Gasteiger partial charge in [-0.2, -0.15) is 13.2 Å². The van der Waals surface area contributed by atoms with Crippen LogP contribution in [0.4, 0.5) is 17.6 Å². The second-order valence-electron chi connectivity index (χ2n) is 8.59. The minimum absolute atomic E-state index is 0.0167. The molecule has 0 unspecified atom stereocenters. The van der Waals surface area contributed by atoms with Crippen LogP contribution in [-0.2, 0) is 0 Å². The standard InChI is InChI=1S/C24H28F4N2O/c25-20-5-3-4-19(14-20)17-6-8-18(9-7-17)23-21-15-29(13-10-24(26,27)28)11-1-2-12-30(21)22(23)16-31/h3-9,14,21-23,31H,1-2,10-13,15-16H2/t21-,22-,23+/m1/s1. The van der Waals surface area contributed by atoms with Gasteiger partial charge >= 0.3 is 6.18 Å². The molecule has 0 spiro atoms. The predicted octanol–water partition coefficient (Wildman–Crippen LogP) is 4.67. The van der Waals surface area contributed by atoms with E-state index in [9.17, 15) is 22.7 Å². The molecular formula is C24H28F4N2O. The maximum Gasteiger partial charge on any atom is 0.390 e. The number of rotatable bonds is 5. The zero-order valence-electron chi connectivity index (χ0n) is 17.4. The molecule has 2 fully saturated rings. The Bertz CT molecular complexity index is 871. The molecule has 2 saturated heterocycles. The largest absolute Gasteiger partial charge is 0.395 e. The molecule has 0 amide bonds. The van der Waals surface area contributed by atoms with Crippen LogP contribution in [0, 0.1) is 5.82 Å². The zero-order valence-corrected chi connectivity index (χ0v) is 17.4. The van der Waals surface area contributed by atoms with E-state index >= 15 is 0 Å². The Labute approximate surface area is 180 Å². The van der Waals surface area contributed by atoms with Crippen LogP contribution in [0.1, 0.15) is 30.7 Å². The molecule has 31 heavy (non-hydrogen) atoms. The quantitative estimate of drug-likeness (QED) is 0.690. The van der Waals surface area contributed by atoms with Crippen LogP contribution in [-0.4, -0.2) is 66.0 Å². The number of nitrogens with zero attached hydrogens (tertiary/aromatic N) is 2. The molecular weight excluding hydrogens is 408 g/mol. The summed E-state index contributed by atoms with van der Waals surface area (Å²) in [4.78, 5) is 4.18. The van der Waals surface area contributed by atoms with E-state index in [0.717, 1.165) is 36.1 Å². The maximum absolute atomic E-state index is 13.5. The van der Waals surface area contributed by atoms with Gasteiger partial charge in [-0.3, -0.25) is 4.90 Å². The lowest BCUT2D eigenvalue weighted by molar-refractivity contribution is -0.140. The summed E-state index contributed by atoms with van der Waals surface area (Å²) in [5.74, 6) is -0.219. The van der Waals surface area contributed by atoms with Crippen LogP contribution in [0.3, 0.4) is 0 Å². The molecule has 3 atom stereocenters. The van der Waals surface area contributed by atoms with Crippen molar-refractivity contribution in [2.75, 3.05) is 32.8 Å². The first-order valence-electron chi connectivity index (χ1n) is 10.9. The van der Waals surface area contributed by atoms with Crippen LogP contribution in [0.15, 0.2) is 48.5 Å². The fraction of sp³-hybridized carbons (Fsp3) is 0.500. The molecule has 0 aromatic heterocycles. The monoisotopic (exact) mass is 436 g/mol. The van der Waals surface area contributed by atoms with Crippen molar-refractivity contribution in [3.8, 4) is 11.1 Å². The molecule has 2 aliphatic heterocycles. The Balaban J connectivity index is 1.52. The maximum atomic E-state index is 13.5. The first kappa shape index (κ1) is 22.2. The number of alkyl halides is 3. The summed E-state index contributed by atoms with van der Waals surface area (Å²) < 4.78 is 51.8. The molecule has 0 saturated carbocycles. The Morgan fingerprint density at radius 2 is 1.71 bits per heavy atom. The van der Waals surface area contributed by atoms with E-state index in [1.165, 1.54) is 12.1 Å². The molecule has 3 nitrogen and oxygen atoms in total. The van der Waals surface area contributed by atoms with Crippen LogP contribution >= 0.6 is 0 Å². The molecule has 7 heteroatoms. The van der Waals surface area contributed by atoms with Crippen molar-refractivity contribution in [3.05, 3.63) is 59.9 Å². The van der Waals surface area contributed by atoms with Gasteiger partial charge in [0.05, 0.1) is 13.0 Å². The van der Waals surface area contributed by atoms with Crippen molar-refractivity contribution >= 4 is 0 Å². The Kier molecular flexibility index (Phi) is 6.65. The molecule has 2 aliphatic rings. The third-order valence-electron chi connectivity index (χ3n) is 6.62. The van der Waals surface area contributed by atoms with Crippen molar-refractivity contribution < 1.29 is 22.7 Å². The normalized spacial score (nSPS) is 25.4. The molecule has 168 valence electrons. The highest BCUT2D eigenvalue weighted by Crippen LogP contribution is 2.42. The predicted molar refractivity (Wildman–Crippen MR) is 112 cm³/mol. The smallest absolute Gasteiger partial charge is 0.390 e. The fourth-order valence-corrected chi connectivity index (χ4v) is 5.07.